The molecule has 2 aromatic heterocycles. The highest BCUT2D eigenvalue weighted by atomic mass is 32.2. The van der Waals surface area contributed by atoms with Gasteiger partial charge in [0.2, 0.25) is 0 Å². The minimum absolute atomic E-state index is 0.0433. The number of phenols is 2. The highest BCUT2D eigenvalue weighted by Crippen LogP contribution is 2.28. The summed E-state index contributed by atoms with van der Waals surface area (Å²) >= 11 is 5.13. The zero-order valence-corrected chi connectivity index (χ0v) is 13.5. The Morgan fingerprint density at radius 1 is 1.17 bits per heavy atom. The largest absolute Gasteiger partial charge is 0.504 e. The van der Waals surface area contributed by atoms with Crippen molar-refractivity contribution in [2.45, 2.75) is 22.6 Å². The number of aryl methyl sites for hydroxylation is 1. The molecule has 2 N–H and O–H groups in total. The summed E-state index contributed by atoms with van der Waals surface area (Å²) in [5.41, 5.74) is 0.660. The fraction of sp³-hybridized carbons (Fsp3) is 0.154. The first-order valence-corrected chi connectivity index (χ1v) is 8.47. The van der Waals surface area contributed by atoms with E-state index in [1.54, 1.807) is 13.0 Å². The lowest BCUT2D eigenvalue weighted by atomic mass is 10.3. The summed E-state index contributed by atoms with van der Waals surface area (Å²) in [6, 6.07) is 4.90. The molecular formula is C13H11N4O4S2. The monoisotopic (exact) mass is 351 g/mol. The maximum atomic E-state index is 12.4. The molecular weight excluding hydrogens is 340 g/mol. The predicted molar refractivity (Wildman–Crippen MR) is 82.0 cm³/mol. The van der Waals surface area contributed by atoms with Gasteiger partial charge in [0.15, 0.2) is 27.2 Å². The van der Waals surface area contributed by atoms with Gasteiger partial charge < -0.3 is 10.2 Å². The molecule has 23 heavy (non-hydrogen) atoms. The van der Waals surface area contributed by atoms with Gasteiger partial charge in [0, 0.05) is 11.8 Å². The second kappa shape index (κ2) is 5.32. The summed E-state index contributed by atoms with van der Waals surface area (Å²) in [7, 11) is -3.79. The Kier molecular flexibility index (Phi) is 3.57. The van der Waals surface area contributed by atoms with Crippen LogP contribution in [-0.2, 0) is 15.6 Å². The zero-order chi connectivity index (χ0) is 16.8. The van der Waals surface area contributed by atoms with Crippen LogP contribution in [0.15, 0.2) is 34.2 Å². The van der Waals surface area contributed by atoms with Gasteiger partial charge in [0.05, 0.1) is 4.90 Å². The van der Waals surface area contributed by atoms with Crippen LogP contribution in [0.1, 0.15) is 11.5 Å². The molecule has 0 spiro atoms. The van der Waals surface area contributed by atoms with E-state index in [0.717, 1.165) is 12.1 Å². The minimum atomic E-state index is -3.79. The maximum absolute atomic E-state index is 12.4. The first-order chi connectivity index (χ1) is 10.8. The third-order valence-corrected chi connectivity index (χ3v) is 4.98. The second-order valence-electron chi connectivity index (χ2n) is 4.89. The normalized spacial score (nSPS) is 11.9. The van der Waals surface area contributed by atoms with Gasteiger partial charge in [0.1, 0.15) is 10.8 Å². The van der Waals surface area contributed by atoms with E-state index in [1.807, 2.05) is 0 Å². The van der Waals surface area contributed by atoms with Gasteiger partial charge in [0.25, 0.3) is 5.78 Å². The van der Waals surface area contributed by atoms with E-state index in [-0.39, 0.29) is 16.5 Å². The van der Waals surface area contributed by atoms with E-state index in [4.69, 9.17) is 12.6 Å². The van der Waals surface area contributed by atoms with Crippen molar-refractivity contribution in [2.24, 2.45) is 0 Å². The molecule has 1 radical (unpaired) electrons. The molecule has 3 aromatic rings. The van der Waals surface area contributed by atoms with Crippen LogP contribution in [0, 0.1) is 6.92 Å². The fourth-order valence-corrected chi connectivity index (χ4v) is 3.49. The summed E-state index contributed by atoms with van der Waals surface area (Å²) in [5.74, 6) is -1.12. The summed E-state index contributed by atoms with van der Waals surface area (Å²) in [6.45, 7) is 1.75. The van der Waals surface area contributed by atoms with Crippen molar-refractivity contribution in [3.05, 3.63) is 35.8 Å². The van der Waals surface area contributed by atoms with Gasteiger partial charge in [-0.1, -0.05) is 12.6 Å². The highest BCUT2D eigenvalue weighted by Gasteiger charge is 2.21. The molecule has 0 amide bonds. The Bertz CT molecular complexity index is 1010. The molecule has 0 aliphatic rings. The molecule has 0 atom stereocenters. The van der Waals surface area contributed by atoms with E-state index in [1.165, 1.54) is 10.6 Å². The van der Waals surface area contributed by atoms with Crippen molar-refractivity contribution < 1.29 is 18.6 Å². The van der Waals surface area contributed by atoms with Gasteiger partial charge >= 0.3 is 0 Å². The average molecular weight is 351 g/mol. The third-order valence-electron chi connectivity index (χ3n) is 3.08. The number of aromatic hydroxyl groups is 2. The number of sulfone groups is 1. The topological polar surface area (TPSA) is 118 Å². The van der Waals surface area contributed by atoms with Gasteiger partial charge in [-0.05, 0) is 25.1 Å². The number of hydrogen-bond donors (Lipinski definition) is 2. The van der Waals surface area contributed by atoms with Crippen LogP contribution in [-0.4, -0.2) is 38.2 Å². The van der Waals surface area contributed by atoms with E-state index in [2.05, 4.69) is 15.1 Å². The first-order valence-electron chi connectivity index (χ1n) is 6.41. The lowest BCUT2D eigenvalue weighted by Crippen LogP contribution is -2.06. The Labute approximate surface area is 136 Å². The molecule has 8 nitrogen and oxygen atoms in total. The van der Waals surface area contributed by atoms with E-state index in [9.17, 15) is 18.6 Å². The Balaban J connectivity index is 2.00. The highest BCUT2D eigenvalue weighted by molar-refractivity contribution is 7.90. The molecule has 0 unspecified atom stereocenters. The van der Waals surface area contributed by atoms with Gasteiger partial charge in [-0.3, -0.25) is 0 Å². The second-order valence-corrected chi connectivity index (χ2v) is 7.29. The maximum Gasteiger partial charge on any atom is 0.254 e. The number of aromatic nitrogens is 4. The number of fused-ring (bicyclic) bond motifs is 1. The summed E-state index contributed by atoms with van der Waals surface area (Å²) < 4.78 is 26.0. The van der Waals surface area contributed by atoms with Crippen molar-refractivity contribution in [3.8, 4) is 11.5 Å². The smallest absolute Gasteiger partial charge is 0.254 e. The number of rotatable bonds is 3. The molecule has 3 rings (SSSR count). The van der Waals surface area contributed by atoms with Crippen molar-refractivity contribution >= 4 is 28.2 Å². The number of hydrogen-bond acceptors (Lipinski definition) is 7. The SMILES string of the molecule is Cc1cc([S])n2nc(CS(=O)(=O)c3ccc(O)c(O)c3)nc2n1. The lowest BCUT2D eigenvalue weighted by Gasteiger charge is -2.03. The van der Waals surface area contributed by atoms with Gasteiger partial charge in [-0.2, -0.15) is 9.50 Å². The van der Waals surface area contributed by atoms with Crippen LogP contribution >= 0.6 is 12.6 Å². The molecule has 119 valence electrons. The molecule has 0 fully saturated rings. The lowest BCUT2D eigenvalue weighted by molar-refractivity contribution is 0.402. The number of phenolic OH excluding ortho intramolecular Hbond substituents is 2. The molecule has 0 bridgehead atoms. The van der Waals surface area contributed by atoms with Crippen LogP contribution in [0.5, 0.6) is 11.5 Å². The van der Waals surface area contributed by atoms with Crippen molar-refractivity contribution in [3.63, 3.8) is 0 Å². The molecule has 0 saturated carbocycles. The molecule has 0 aliphatic carbocycles. The van der Waals surface area contributed by atoms with Gasteiger partial charge in [-0.25, -0.2) is 13.4 Å². The van der Waals surface area contributed by atoms with E-state index >= 15 is 0 Å². The van der Waals surface area contributed by atoms with Crippen LogP contribution in [0.3, 0.4) is 0 Å². The van der Waals surface area contributed by atoms with Crippen LogP contribution in [0.25, 0.3) is 5.78 Å². The predicted octanol–water partition coefficient (Wildman–Crippen LogP) is 1.37. The summed E-state index contributed by atoms with van der Waals surface area (Å²) in [6.07, 6.45) is 0. The standard InChI is InChI=1S/C13H11N4O4S2/c1-7-4-12(22)17-13(14-7)15-11(16-17)6-23(20,21)8-2-3-9(18)10(19)5-8/h2-5,18-19H,6H2,1H3. The van der Waals surface area contributed by atoms with Crippen molar-refractivity contribution in [1.29, 1.82) is 0 Å². The molecule has 1 aromatic carbocycles. The average Bonchev–Trinajstić information content (AvgIpc) is 2.83. The quantitative estimate of drug-likeness (QED) is 0.540. The van der Waals surface area contributed by atoms with Crippen molar-refractivity contribution in [2.75, 3.05) is 0 Å². The molecule has 0 saturated heterocycles. The van der Waals surface area contributed by atoms with Gasteiger partial charge in [-0.15, -0.1) is 5.10 Å². The Morgan fingerprint density at radius 3 is 2.61 bits per heavy atom. The molecule has 0 aliphatic heterocycles. The molecule has 10 heteroatoms. The third kappa shape index (κ3) is 2.90. The van der Waals surface area contributed by atoms with E-state index < -0.39 is 27.1 Å². The zero-order valence-electron chi connectivity index (χ0n) is 11.8. The van der Waals surface area contributed by atoms with Crippen LogP contribution in [0.2, 0.25) is 0 Å². The summed E-state index contributed by atoms with van der Waals surface area (Å²) in [4.78, 5) is 8.06. The van der Waals surface area contributed by atoms with Crippen LogP contribution < -0.4 is 0 Å². The number of nitrogens with zero attached hydrogens (tertiary/aromatic N) is 4. The fourth-order valence-electron chi connectivity index (χ4n) is 2.01. The minimum Gasteiger partial charge on any atom is -0.504 e. The van der Waals surface area contributed by atoms with Crippen molar-refractivity contribution in [1.82, 2.24) is 19.6 Å². The summed E-state index contributed by atoms with van der Waals surface area (Å²) in [5, 5.41) is 23.1. The first kappa shape index (κ1) is 15.4. The van der Waals surface area contributed by atoms with E-state index in [0.29, 0.717) is 10.7 Å². The molecule has 2 heterocycles. The Morgan fingerprint density at radius 2 is 1.91 bits per heavy atom. The van der Waals surface area contributed by atoms with Crippen LogP contribution in [0.4, 0.5) is 0 Å². The number of benzene rings is 1. The Hall–Kier alpha value is -2.46.